The standard InChI is InChI=1S/C20H32O2/c1-3-17-10-11-18-16(7-5-12-19(17,18)2)9-8-15-6-4-13-20(21,22)14-15/h8-9,17-18,21-22H,3-7,10-14H2,1-2H3/t17-,18-,19+/m0/s1. The molecule has 0 saturated heterocycles. The van der Waals surface area contributed by atoms with Crippen molar-refractivity contribution in [3.8, 4) is 0 Å². The first-order valence-corrected chi connectivity index (χ1v) is 9.28. The fraction of sp³-hybridized carbons (Fsp3) is 0.800. The molecule has 2 N–H and O–H groups in total. The Morgan fingerprint density at radius 1 is 1.09 bits per heavy atom. The second kappa shape index (κ2) is 6.13. The van der Waals surface area contributed by atoms with Crippen molar-refractivity contribution < 1.29 is 10.2 Å². The fourth-order valence-corrected chi connectivity index (χ4v) is 5.52. The van der Waals surface area contributed by atoms with Gasteiger partial charge in [-0.2, -0.15) is 0 Å². The van der Waals surface area contributed by atoms with Crippen LogP contribution in [0.3, 0.4) is 0 Å². The molecule has 2 heteroatoms. The summed E-state index contributed by atoms with van der Waals surface area (Å²) in [5.74, 6) is 0.190. The van der Waals surface area contributed by atoms with Gasteiger partial charge in [0.05, 0.1) is 0 Å². The molecule has 124 valence electrons. The number of hydrogen-bond acceptors (Lipinski definition) is 2. The summed E-state index contributed by atoms with van der Waals surface area (Å²) in [6.45, 7) is 4.87. The number of hydrogen-bond donors (Lipinski definition) is 2. The Morgan fingerprint density at radius 3 is 2.59 bits per heavy atom. The van der Waals surface area contributed by atoms with Crippen molar-refractivity contribution in [1.82, 2.24) is 0 Å². The molecule has 0 aromatic carbocycles. The van der Waals surface area contributed by atoms with Crippen LogP contribution >= 0.6 is 0 Å². The van der Waals surface area contributed by atoms with E-state index < -0.39 is 5.79 Å². The molecule has 0 amide bonds. The summed E-state index contributed by atoms with van der Waals surface area (Å²) >= 11 is 0. The quantitative estimate of drug-likeness (QED) is 0.725. The molecule has 3 aliphatic rings. The third-order valence-corrected chi connectivity index (χ3v) is 6.77. The van der Waals surface area contributed by atoms with Crippen LogP contribution < -0.4 is 0 Å². The van der Waals surface area contributed by atoms with Gasteiger partial charge in [0.2, 0.25) is 0 Å². The van der Waals surface area contributed by atoms with E-state index in [2.05, 4.69) is 26.0 Å². The van der Waals surface area contributed by atoms with E-state index in [1.165, 1.54) is 44.1 Å². The predicted molar refractivity (Wildman–Crippen MR) is 90.3 cm³/mol. The maximum Gasteiger partial charge on any atom is 0.166 e. The van der Waals surface area contributed by atoms with E-state index >= 15 is 0 Å². The van der Waals surface area contributed by atoms with Crippen LogP contribution in [0.1, 0.15) is 78.1 Å². The monoisotopic (exact) mass is 304 g/mol. The molecule has 0 bridgehead atoms. The number of rotatable bonds is 2. The smallest absolute Gasteiger partial charge is 0.166 e. The van der Waals surface area contributed by atoms with Gasteiger partial charge in [-0.1, -0.05) is 43.6 Å². The molecule has 0 heterocycles. The molecule has 0 aromatic rings. The molecule has 2 nitrogen and oxygen atoms in total. The average molecular weight is 304 g/mol. The second-order valence-electron chi connectivity index (χ2n) is 8.17. The fourth-order valence-electron chi connectivity index (χ4n) is 5.52. The first-order valence-electron chi connectivity index (χ1n) is 9.28. The summed E-state index contributed by atoms with van der Waals surface area (Å²) in [6.07, 6.45) is 15.4. The van der Waals surface area contributed by atoms with Crippen LogP contribution in [0.2, 0.25) is 0 Å². The van der Waals surface area contributed by atoms with E-state index in [0.717, 1.165) is 24.7 Å². The number of allylic oxidation sites excluding steroid dienone is 3. The zero-order valence-electron chi connectivity index (χ0n) is 14.3. The van der Waals surface area contributed by atoms with Crippen LogP contribution in [-0.4, -0.2) is 16.0 Å². The van der Waals surface area contributed by atoms with Gasteiger partial charge in [-0.25, -0.2) is 0 Å². The van der Waals surface area contributed by atoms with Crippen molar-refractivity contribution in [2.45, 2.75) is 83.8 Å². The zero-order valence-corrected chi connectivity index (χ0v) is 14.3. The average Bonchev–Trinajstić information content (AvgIpc) is 2.81. The highest BCUT2D eigenvalue weighted by molar-refractivity contribution is 5.25. The Balaban J connectivity index is 1.77. The Labute approximate surface area is 135 Å². The third-order valence-electron chi connectivity index (χ3n) is 6.77. The normalized spacial score (nSPS) is 41.8. The van der Waals surface area contributed by atoms with Crippen LogP contribution in [-0.2, 0) is 0 Å². The summed E-state index contributed by atoms with van der Waals surface area (Å²) in [5.41, 5.74) is 3.35. The van der Waals surface area contributed by atoms with Crippen molar-refractivity contribution >= 4 is 0 Å². The molecule has 22 heavy (non-hydrogen) atoms. The van der Waals surface area contributed by atoms with Gasteiger partial charge in [-0.3, -0.25) is 0 Å². The largest absolute Gasteiger partial charge is 0.365 e. The van der Waals surface area contributed by atoms with Crippen molar-refractivity contribution in [2.75, 3.05) is 0 Å². The van der Waals surface area contributed by atoms with Gasteiger partial charge in [0, 0.05) is 12.8 Å². The molecule has 3 aliphatic carbocycles. The lowest BCUT2D eigenvalue weighted by molar-refractivity contribution is -0.170. The van der Waals surface area contributed by atoms with Gasteiger partial charge in [0.15, 0.2) is 5.79 Å². The van der Waals surface area contributed by atoms with E-state index in [4.69, 9.17) is 0 Å². The van der Waals surface area contributed by atoms with Crippen molar-refractivity contribution in [3.05, 3.63) is 23.3 Å². The lowest BCUT2D eigenvalue weighted by Gasteiger charge is -2.42. The lowest BCUT2D eigenvalue weighted by atomic mass is 9.63. The Kier molecular flexibility index (Phi) is 4.53. The minimum Gasteiger partial charge on any atom is -0.365 e. The Morgan fingerprint density at radius 2 is 1.86 bits per heavy atom. The summed E-state index contributed by atoms with van der Waals surface area (Å²) < 4.78 is 0. The minimum atomic E-state index is -1.47. The van der Waals surface area contributed by atoms with Crippen LogP contribution in [0.15, 0.2) is 23.3 Å². The third kappa shape index (κ3) is 3.05. The molecule has 0 aromatic heterocycles. The number of aliphatic hydroxyl groups is 2. The highest BCUT2D eigenvalue weighted by Gasteiger charge is 2.48. The van der Waals surface area contributed by atoms with E-state index in [9.17, 15) is 10.2 Å². The summed E-state index contributed by atoms with van der Waals surface area (Å²) in [4.78, 5) is 0. The Bertz CT molecular complexity index is 474. The molecule has 0 spiro atoms. The molecule has 3 atom stereocenters. The van der Waals surface area contributed by atoms with E-state index in [-0.39, 0.29) is 0 Å². The predicted octanol–water partition coefficient (Wildman–Crippen LogP) is 4.72. The highest BCUT2D eigenvalue weighted by Crippen LogP contribution is 2.58. The summed E-state index contributed by atoms with van der Waals surface area (Å²) in [7, 11) is 0. The molecular weight excluding hydrogens is 272 g/mol. The minimum absolute atomic E-state index is 0.427. The van der Waals surface area contributed by atoms with Crippen LogP contribution in [0.4, 0.5) is 0 Å². The van der Waals surface area contributed by atoms with Crippen molar-refractivity contribution in [2.24, 2.45) is 17.3 Å². The Hall–Kier alpha value is -0.600. The van der Waals surface area contributed by atoms with Crippen molar-refractivity contribution in [1.29, 1.82) is 0 Å². The van der Waals surface area contributed by atoms with Gasteiger partial charge in [0.25, 0.3) is 0 Å². The van der Waals surface area contributed by atoms with Crippen LogP contribution in [0.25, 0.3) is 0 Å². The SMILES string of the molecule is CC[C@H]1CC[C@H]2C(=CC=C3CCCC(O)(O)C3)CCC[C@]12C. The van der Waals surface area contributed by atoms with Gasteiger partial charge < -0.3 is 10.2 Å². The highest BCUT2D eigenvalue weighted by atomic mass is 16.5. The van der Waals surface area contributed by atoms with Crippen LogP contribution in [0.5, 0.6) is 0 Å². The maximum atomic E-state index is 9.83. The topological polar surface area (TPSA) is 40.5 Å². The second-order valence-corrected chi connectivity index (χ2v) is 8.17. The van der Waals surface area contributed by atoms with Crippen LogP contribution in [0, 0.1) is 17.3 Å². The zero-order chi connectivity index (χ0) is 15.8. The molecule has 0 radical (unpaired) electrons. The molecule has 0 aliphatic heterocycles. The molecule has 3 fully saturated rings. The summed E-state index contributed by atoms with van der Waals surface area (Å²) in [5, 5.41) is 19.7. The summed E-state index contributed by atoms with van der Waals surface area (Å²) in [6, 6.07) is 0. The number of fused-ring (bicyclic) bond motifs is 1. The van der Waals surface area contributed by atoms with E-state index in [0.29, 0.717) is 18.3 Å². The molecule has 3 saturated carbocycles. The molecule has 3 rings (SSSR count). The van der Waals surface area contributed by atoms with E-state index in [1.807, 2.05) is 0 Å². The maximum absolute atomic E-state index is 9.83. The first-order chi connectivity index (χ1) is 10.4. The first kappa shape index (κ1) is 16.3. The van der Waals surface area contributed by atoms with Gasteiger partial charge >= 0.3 is 0 Å². The molecular formula is C20H32O2. The lowest BCUT2D eigenvalue weighted by Crippen LogP contribution is -2.33. The van der Waals surface area contributed by atoms with Crippen molar-refractivity contribution in [3.63, 3.8) is 0 Å². The molecule has 0 unspecified atom stereocenters. The van der Waals surface area contributed by atoms with Gasteiger partial charge in [0.1, 0.15) is 0 Å². The van der Waals surface area contributed by atoms with Gasteiger partial charge in [-0.15, -0.1) is 0 Å². The van der Waals surface area contributed by atoms with Gasteiger partial charge in [-0.05, 0) is 62.2 Å². The van der Waals surface area contributed by atoms with E-state index in [1.54, 1.807) is 5.57 Å².